The van der Waals surface area contributed by atoms with Crippen LogP contribution < -0.4 is 10.1 Å². The van der Waals surface area contributed by atoms with E-state index in [1.54, 1.807) is 25.3 Å². The predicted molar refractivity (Wildman–Crippen MR) is 108 cm³/mol. The number of nitrogens with zero attached hydrogens (tertiary/aromatic N) is 1. The number of hydrogen-bond donors (Lipinski definition) is 1. The summed E-state index contributed by atoms with van der Waals surface area (Å²) in [5.41, 5.74) is 3.68. The quantitative estimate of drug-likeness (QED) is 0.621. The number of amides is 1. The van der Waals surface area contributed by atoms with Crippen LogP contribution in [0.25, 0.3) is 10.9 Å². The largest absolute Gasteiger partial charge is 0.487 e. The number of para-hydroxylation sites is 1. The zero-order valence-corrected chi connectivity index (χ0v) is 16.3. The Morgan fingerprint density at radius 1 is 1.15 bits per heavy atom. The third kappa shape index (κ3) is 4.38. The standard InChI is InChI=1S/C21H21ClN2O3/c1-13-7-8-15-12-16(14(2)23-19(15)11-13)21(25)24-18-6-4-5-17(22)20(18)27-10-9-26-3/h4-8,11-12H,9-10H2,1-3H3,(H,24,25). The highest BCUT2D eigenvalue weighted by atomic mass is 35.5. The zero-order valence-electron chi connectivity index (χ0n) is 15.5. The lowest BCUT2D eigenvalue weighted by atomic mass is 10.1. The van der Waals surface area contributed by atoms with Crippen LogP contribution in [0.15, 0.2) is 42.5 Å². The number of methoxy groups -OCH3 is 1. The van der Waals surface area contributed by atoms with Gasteiger partial charge in [-0.15, -0.1) is 0 Å². The Bertz CT molecular complexity index is 989. The molecule has 1 aromatic heterocycles. The average Bonchev–Trinajstić information content (AvgIpc) is 2.63. The summed E-state index contributed by atoms with van der Waals surface area (Å²) in [5.74, 6) is 0.160. The van der Waals surface area contributed by atoms with Gasteiger partial charge in [-0.1, -0.05) is 29.8 Å². The minimum Gasteiger partial charge on any atom is -0.487 e. The first-order chi connectivity index (χ1) is 13.0. The molecule has 1 amide bonds. The van der Waals surface area contributed by atoms with E-state index in [1.807, 2.05) is 38.1 Å². The van der Waals surface area contributed by atoms with Crippen molar-refractivity contribution in [2.75, 3.05) is 25.6 Å². The molecule has 6 heteroatoms. The molecular weight excluding hydrogens is 364 g/mol. The van der Waals surface area contributed by atoms with Crippen LogP contribution in [-0.4, -0.2) is 31.2 Å². The third-order valence-corrected chi connectivity index (χ3v) is 4.46. The van der Waals surface area contributed by atoms with E-state index in [1.165, 1.54) is 0 Å². The van der Waals surface area contributed by atoms with Gasteiger partial charge < -0.3 is 14.8 Å². The van der Waals surface area contributed by atoms with E-state index in [-0.39, 0.29) is 5.91 Å². The van der Waals surface area contributed by atoms with Crippen LogP contribution in [0.2, 0.25) is 5.02 Å². The van der Waals surface area contributed by atoms with Gasteiger partial charge in [-0.25, -0.2) is 0 Å². The van der Waals surface area contributed by atoms with Gasteiger partial charge >= 0.3 is 0 Å². The van der Waals surface area contributed by atoms with E-state index in [2.05, 4.69) is 10.3 Å². The first-order valence-electron chi connectivity index (χ1n) is 8.59. The molecule has 1 N–H and O–H groups in total. The van der Waals surface area contributed by atoms with E-state index >= 15 is 0 Å². The minimum absolute atomic E-state index is 0.263. The van der Waals surface area contributed by atoms with Crippen molar-refractivity contribution in [1.29, 1.82) is 0 Å². The maximum atomic E-state index is 12.9. The topological polar surface area (TPSA) is 60.5 Å². The number of pyridine rings is 1. The number of benzene rings is 2. The molecule has 0 aliphatic carbocycles. The maximum absolute atomic E-state index is 12.9. The highest BCUT2D eigenvalue weighted by Gasteiger charge is 2.16. The first-order valence-corrected chi connectivity index (χ1v) is 8.97. The predicted octanol–water partition coefficient (Wildman–Crippen LogP) is 4.78. The van der Waals surface area contributed by atoms with Gasteiger partial charge in [0.2, 0.25) is 0 Å². The van der Waals surface area contributed by atoms with Gasteiger partial charge in [0.25, 0.3) is 5.91 Å². The smallest absolute Gasteiger partial charge is 0.257 e. The van der Waals surface area contributed by atoms with Crippen LogP contribution in [0.5, 0.6) is 5.75 Å². The van der Waals surface area contributed by atoms with Crippen LogP contribution in [0, 0.1) is 13.8 Å². The number of carbonyl (C=O) groups excluding carboxylic acids is 1. The number of carbonyl (C=O) groups is 1. The Morgan fingerprint density at radius 2 is 1.96 bits per heavy atom. The lowest BCUT2D eigenvalue weighted by Gasteiger charge is -2.14. The number of fused-ring (bicyclic) bond motifs is 1. The van der Waals surface area contributed by atoms with Gasteiger partial charge in [0.05, 0.1) is 34.1 Å². The number of anilines is 1. The summed E-state index contributed by atoms with van der Waals surface area (Å²) < 4.78 is 10.7. The summed E-state index contributed by atoms with van der Waals surface area (Å²) in [5, 5.41) is 4.22. The average molecular weight is 385 g/mol. The van der Waals surface area contributed by atoms with Crippen molar-refractivity contribution < 1.29 is 14.3 Å². The number of rotatable bonds is 6. The SMILES string of the molecule is COCCOc1c(Cl)cccc1NC(=O)c1cc2ccc(C)cc2nc1C. The molecule has 0 saturated heterocycles. The summed E-state index contributed by atoms with van der Waals surface area (Å²) in [6, 6.07) is 13.0. The van der Waals surface area contributed by atoms with Crippen molar-refractivity contribution in [1.82, 2.24) is 4.98 Å². The number of ether oxygens (including phenoxy) is 2. The highest BCUT2D eigenvalue weighted by Crippen LogP contribution is 2.33. The number of hydrogen-bond acceptors (Lipinski definition) is 4. The highest BCUT2D eigenvalue weighted by molar-refractivity contribution is 6.32. The molecule has 2 aromatic carbocycles. The monoisotopic (exact) mass is 384 g/mol. The molecule has 5 nitrogen and oxygen atoms in total. The van der Waals surface area contributed by atoms with Gasteiger partial charge in [0.15, 0.2) is 5.75 Å². The van der Waals surface area contributed by atoms with Crippen molar-refractivity contribution in [3.8, 4) is 5.75 Å². The summed E-state index contributed by atoms with van der Waals surface area (Å²) in [7, 11) is 1.59. The Labute approximate surface area is 163 Å². The summed E-state index contributed by atoms with van der Waals surface area (Å²) in [6.07, 6.45) is 0. The molecule has 0 atom stereocenters. The van der Waals surface area contributed by atoms with Crippen molar-refractivity contribution >= 4 is 34.1 Å². The Morgan fingerprint density at radius 3 is 2.74 bits per heavy atom. The molecule has 3 rings (SSSR count). The molecule has 0 spiro atoms. The Hall–Kier alpha value is -2.63. The summed E-state index contributed by atoms with van der Waals surface area (Å²) in [6.45, 7) is 4.59. The maximum Gasteiger partial charge on any atom is 0.257 e. The van der Waals surface area contributed by atoms with Crippen molar-refractivity contribution in [2.45, 2.75) is 13.8 Å². The van der Waals surface area contributed by atoms with Crippen molar-refractivity contribution in [3.63, 3.8) is 0 Å². The first kappa shape index (κ1) is 19.1. The molecule has 0 unspecified atom stereocenters. The number of aromatic nitrogens is 1. The van der Waals surface area contributed by atoms with E-state index in [9.17, 15) is 4.79 Å². The van der Waals surface area contributed by atoms with E-state index in [4.69, 9.17) is 21.1 Å². The lowest BCUT2D eigenvalue weighted by molar-refractivity contribution is 0.102. The molecule has 0 bridgehead atoms. The normalized spacial score (nSPS) is 10.8. The Balaban J connectivity index is 1.89. The zero-order chi connectivity index (χ0) is 19.4. The van der Waals surface area contributed by atoms with Crippen molar-refractivity contribution in [3.05, 3.63) is 64.3 Å². The van der Waals surface area contributed by atoms with Crippen LogP contribution in [0.1, 0.15) is 21.6 Å². The van der Waals surface area contributed by atoms with Crippen LogP contribution >= 0.6 is 11.6 Å². The van der Waals surface area contributed by atoms with E-state index < -0.39 is 0 Å². The number of aryl methyl sites for hydroxylation is 2. The molecule has 0 radical (unpaired) electrons. The van der Waals surface area contributed by atoms with E-state index in [0.717, 1.165) is 16.5 Å². The van der Waals surface area contributed by atoms with Gasteiger partial charge in [-0.2, -0.15) is 0 Å². The second kappa shape index (κ2) is 8.37. The molecule has 1 heterocycles. The minimum atomic E-state index is -0.263. The van der Waals surface area contributed by atoms with Crippen molar-refractivity contribution in [2.24, 2.45) is 0 Å². The molecule has 140 valence electrons. The summed E-state index contributed by atoms with van der Waals surface area (Å²) in [4.78, 5) is 17.4. The van der Waals surface area contributed by atoms with Gasteiger partial charge in [-0.05, 0) is 43.7 Å². The van der Waals surface area contributed by atoms with Crippen LogP contribution in [0.3, 0.4) is 0 Å². The Kier molecular flexibility index (Phi) is 5.94. The van der Waals surface area contributed by atoms with Gasteiger partial charge in [0.1, 0.15) is 6.61 Å². The summed E-state index contributed by atoms with van der Waals surface area (Å²) >= 11 is 6.23. The fraction of sp³-hybridized carbons (Fsp3) is 0.238. The third-order valence-electron chi connectivity index (χ3n) is 4.16. The molecule has 27 heavy (non-hydrogen) atoms. The van der Waals surface area contributed by atoms with E-state index in [0.29, 0.717) is 40.9 Å². The second-order valence-electron chi connectivity index (χ2n) is 6.23. The second-order valence-corrected chi connectivity index (χ2v) is 6.64. The molecule has 0 saturated carbocycles. The number of halogens is 1. The fourth-order valence-corrected chi connectivity index (χ4v) is 3.00. The molecule has 0 fully saturated rings. The molecular formula is C21H21ClN2O3. The molecule has 0 aliphatic rings. The lowest BCUT2D eigenvalue weighted by Crippen LogP contribution is -2.16. The molecule has 3 aromatic rings. The van der Waals surface area contributed by atoms with Gasteiger partial charge in [-0.3, -0.25) is 9.78 Å². The van der Waals surface area contributed by atoms with Crippen LogP contribution in [-0.2, 0) is 4.74 Å². The number of nitrogens with one attached hydrogen (secondary N) is 1. The van der Waals surface area contributed by atoms with Gasteiger partial charge in [0, 0.05) is 12.5 Å². The molecule has 0 aliphatic heterocycles. The van der Waals surface area contributed by atoms with Crippen LogP contribution in [0.4, 0.5) is 5.69 Å². The fourth-order valence-electron chi connectivity index (χ4n) is 2.77.